The fraction of sp³-hybridized carbons (Fsp3) is 0.333. The Morgan fingerprint density at radius 3 is 2.77 bits per heavy atom. The highest BCUT2D eigenvalue weighted by Crippen LogP contribution is 2.30. The predicted octanol–water partition coefficient (Wildman–Crippen LogP) is 3.16. The lowest BCUT2D eigenvalue weighted by Gasteiger charge is -2.36. The van der Waals surface area contributed by atoms with Crippen molar-refractivity contribution < 1.29 is 9.59 Å². The van der Waals surface area contributed by atoms with Crippen LogP contribution in [0.5, 0.6) is 0 Å². The topological polar surface area (TPSA) is 69.6 Å². The van der Waals surface area contributed by atoms with Gasteiger partial charge in [0, 0.05) is 49.3 Å². The van der Waals surface area contributed by atoms with Gasteiger partial charge in [0.2, 0.25) is 11.8 Å². The first kappa shape index (κ1) is 19.4. The number of carbonyl (C=O) groups excluding carboxylic acids is 2. The molecule has 1 unspecified atom stereocenters. The second-order valence-corrected chi connectivity index (χ2v) is 9.34. The number of rotatable bonds is 3. The lowest BCUT2D eigenvalue weighted by Crippen LogP contribution is -2.51. The number of aromatic nitrogens is 2. The zero-order valence-corrected chi connectivity index (χ0v) is 18.6. The molecule has 2 amide bonds. The number of carbonyl (C=O) groups is 2. The molecule has 0 bridgehead atoms. The van der Waals surface area contributed by atoms with Gasteiger partial charge in [0.1, 0.15) is 17.0 Å². The number of benzene rings is 1. The number of halogens is 1. The molecule has 2 aliphatic rings. The maximum absolute atomic E-state index is 13.1. The largest absolute Gasteiger partial charge is 0.352 e. The lowest BCUT2D eigenvalue weighted by atomic mass is 10.1. The van der Waals surface area contributed by atoms with Crippen LogP contribution in [-0.4, -0.2) is 59.4 Å². The molecule has 1 aromatic carbocycles. The van der Waals surface area contributed by atoms with E-state index in [1.54, 1.807) is 22.6 Å². The Kier molecular flexibility index (Phi) is 5.16. The summed E-state index contributed by atoms with van der Waals surface area (Å²) in [5, 5.41) is 3.09. The second kappa shape index (κ2) is 7.96. The van der Waals surface area contributed by atoms with E-state index in [1.165, 1.54) is 0 Å². The van der Waals surface area contributed by atoms with Gasteiger partial charge in [0.25, 0.3) is 0 Å². The van der Waals surface area contributed by atoms with Crippen molar-refractivity contribution in [3.8, 4) is 0 Å². The number of fused-ring (bicyclic) bond motifs is 1. The number of piperazine rings is 1. The molecule has 154 valence electrons. The van der Waals surface area contributed by atoms with Gasteiger partial charge in [-0.3, -0.25) is 9.59 Å². The molecule has 3 aromatic rings. The quantitative estimate of drug-likeness (QED) is 0.569. The van der Waals surface area contributed by atoms with Crippen LogP contribution < -0.4 is 9.80 Å². The molecule has 2 aliphatic heterocycles. The summed E-state index contributed by atoms with van der Waals surface area (Å²) < 4.78 is 0.920. The third kappa shape index (κ3) is 3.56. The van der Waals surface area contributed by atoms with Crippen LogP contribution in [0.2, 0.25) is 0 Å². The van der Waals surface area contributed by atoms with E-state index in [2.05, 4.69) is 30.8 Å². The first-order valence-electron chi connectivity index (χ1n) is 9.88. The summed E-state index contributed by atoms with van der Waals surface area (Å²) in [6, 6.07) is 9.69. The average Bonchev–Trinajstić information content (AvgIpc) is 3.40. The third-order valence-corrected chi connectivity index (χ3v) is 7.04. The summed E-state index contributed by atoms with van der Waals surface area (Å²) in [4.78, 5) is 41.2. The van der Waals surface area contributed by atoms with Gasteiger partial charge in [-0.25, -0.2) is 9.97 Å². The van der Waals surface area contributed by atoms with Crippen LogP contribution in [0.15, 0.2) is 46.5 Å². The van der Waals surface area contributed by atoms with Gasteiger partial charge >= 0.3 is 0 Å². The predicted molar refractivity (Wildman–Crippen MR) is 121 cm³/mol. The summed E-state index contributed by atoms with van der Waals surface area (Å²) in [7, 11) is 0. The normalized spacial score (nSPS) is 19.7. The molecule has 2 saturated heterocycles. The van der Waals surface area contributed by atoms with E-state index in [0.29, 0.717) is 19.6 Å². The minimum absolute atomic E-state index is 0.00548. The highest BCUT2D eigenvalue weighted by atomic mass is 79.9. The summed E-state index contributed by atoms with van der Waals surface area (Å²) >= 11 is 5.05. The van der Waals surface area contributed by atoms with Gasteiger partial charge in [0.05, 0.1) is 11.3 Å². The molecule has 7 nitrogen and oxygen atoms in total. The molecule has 0 radical (unpaired) electrons. The van der Waals surface area contributed by atoms with Gasteiger partial charge in [0.15, 0.2) is 0 Å². The summed E-state index contributed by atoms with van der Waals surface area (Å²) in [5.41, 5.74) is 0.832. The molecule has 5 rings (SSSR count). The average molecular weight is 486 g/mol. The van der Waals surface area contributed by atoms with Crippen LogP contribution in [0.25, 0.3) is 10.2 Å². The molecule has 30 heavy (non-hydrogen) atoms. The summed E-state index contributed by atoms with van der Waals surface area (Å²) in [6.45, 7) is 3.16. The first-order chi connectivity index (χ1) is 14.6. The van der Waals surface area contributed by atoms with Gasteiger partial charge in [-0.05, 0) is 29.6 Å². The lowest BCUT2D eigenvalue weighted by molar-refractivity contribution is -0.136. The fourth-order valence-corrected chi connectivity index (χ4v) is 5.31. The zero-order valence-electron chi connectivity index (χ0n) is 16.2. The minimum Gasteiger partial charge on any atom is -0.352 e. The van der Waals surface area contributed by atoms with Crippen molar-refractivity contribution in [1.29, 1.82) is 0 Å². The number of nitrogens with zero attached hydrogens (tertiary/aromatic N) is 5. The molecule has 2 aromatic heterocycles. The van der Waals surface area contributed by atoms with Crippen LogP contribution >= 0.6 is 27.3 Å². The third-order valence-electron chi connectivity index (χ3n) is 5.73. The van der Waals surface area contributed by atoms with E-state index < -0.39 is 0 Å². The Morgan fingerprint density at radius 1 is 1.13 bits per heavy atom. The van der Waals surface area contributed by atoms with Gasteiger partial charge < -0.3 is 14.7 Å². The number of anilines is 2. The van der Waals surface area contributed by atoms with E-state index in [0.717, 1.165) is 39.3 Å². The minimum atomic E-state index is -0.286. The SMILES string of the molecule is O=C(C1CC(=O)N(c2cccc(Br)c2)C1)N1CCN(c2ncnc3sccc23)CC1. The molecule has 4 heterocycles. The van der Waals surface area contributed by atoms with Crippen molar-refractivity contribution in [2.75, 3.05) is 42.5 Å². The molecule has 0 spiro atoms. The van der Waals surface area contributed by atoms with Crippen molar-refractivity contribution >= 4 is 60.8 Å². The monoisotopic (exact) mass is 485 g/mol. The molecule has 1 atom stereocenters. The molecule has 0 aliphatic carbocycles. The van der Waals surface area contributed by atoms with E-state index in [1.807, 2.05) is 40.6 Å². The van der Waals surface area contributed by atoms with E-state index in [9.17, 15) is 9.59 Å². The van der Waals surface area contributed by atoms with Crippen molar-refractivity contribution in [2.24, 2.45) is 5.92 Å². The van der Waals surface area contributed by atoms with Gasteiger partial charge in [-0.15, -0.1) is 11.3 Å². The highest BCUT2D eigenvalue weighted by Gasteiger charge is 2.38. The molecular weight excluding hydrogens is 466 g/mol. The molecular formula is C21H20BrN5O2S. The fourth-order valence-electron chi connectivity index (χ4n) is 4.19. The number of amides is 2. The first-order valence-corrected chi connectivity index (χ1v) is 11.6. The number of hydrogen-bond donors (Lipinski definition) is 0. The Balaban J connectivity index is 1.24. The zero-order chi connectivity index (χ0) is 20.7. The van der Waals surface area contributed by atoms with Crippen molar-refractivity contribution in [3.05, 3.63) is 46.5 Å². The van der Waals surface area contributed by atoms with E-state index >= 15 is 0 Å². The number of hydrogen-bond acceptors (Lipinski definition) is 6. The maximum atomic E-state index is 13.1. The van der Waals surface area contributed by atoms with Crippen molar-refractivity contribution in [1.82, 2.24) is 14.9 Å². The smallest absolute Gasteiger partial charge is 0.228 e. The van der Waals surface area contributed by atoms with Gasteiger partial charge in [-0.2, -0.15) is 0 Å². The second-order valence-electron chi connectivity index (χ2n) is 7.53. The summed E-state index contributed by atoms with van der Waals surface area (Å²) in [5.74, 6) is 0.727. The Bertz CT molecular complexity index is 1110. The maximum Gasteiger partial charge on any atom is 0.228 e. The molecule has 0 saturated carbocycles. The van der Waals surface area contributed by atoms with Gasteiger partial charge in [-0.1, -0.05) is 22.0 Å². The Morgan fingerprint density at radius 2 is 1.97 bits per heavy atom. The Hall–Kier alpha value is -2.52. The van der Waals surface area contributed by atoms with Crippen molar-refractivity contribution in [3.63, 3.8) is 0 Å². The molecule has 0 N–H and O–H groups in total. The standard InChI is InChI=1S/C21H20BrN5O2S/c22-15-2-1-3-16(11-15)27-12-14(10-18(27)28)21(29)26-7-5-25(6-8-26)19-17-4-9-30-20(17)24-13-23-19/h1-4,9,11,13-14H,5-8,10,12H2. The van der Waals surface area contributed by atoms with Crippen LogP contribution in [0.3, 0.4) is 0 Å². The van der Waals surface area contributed by atoms with Crippen LogP contribution in [0.1, 0.15) is 6.42 Å². The van der Waals surface area contributed by atoms with Crippen LogP contribution in [0, 0.1) is 5.92 Å². The van der Waals surface area contributed by atoms with Crippen molar-refractivity contribution in [2.45, 2.75) is 6.42 Å². The van der Waals surface area contributed by atoms with E-state index in [4.69, 9.17) is 0 Å². The molecule has 2 fully saturated rings. The highest BCUT2D eigenvalue weighted by molar-refractivity contribution is 9.10. The number of thiophene rings is 1. The molecule has 9 heteroatoms. The van der Waals surface area contributed by atoms with Crippen LogP contribution in [-0.2, 0) is 9.59 Å². The summed E-state index contributed by atoms with van der Waals surface area (Å²) in [6.07, 6.45) is 1.87. The van der Waals surface area contributed by atoms with E-state index in [-0.39, 0.29) is 24.2 Å². The van der Waals surface area contributed by atoms with Crippen LogP contribution in [0.4, 0.5) is 11.5 Å². The Labute approximate surface area is 186 Å².